The zero-order valence-corrected chi connectivity index (χ0v) is 12.0. The van der Waals surface area contributed by atoms with Crippen LogP contribution in [0.3, 0.4) is 0 Å². The molecule has 0 unspecified atom stereocenters. The number of benzene rings is 1. The Labute approximate surface area is 116 Å². The van der Waals surface area contributed by atoms with Gasteiger partial charge in [-0.1, -0.05) is 0 Å². The Balaban J connectivity index is 2.43. The second-order valence-electron chi connectivity index (χ2n) is 3.65. The van der Waals surface area contributed by atoms with Crippen molar-refractivity contribution >= 4 is 31.8 Å². The molecule has 102 valence electrons. The third kappa shape index (κ3) is 2.76. The highest BCUT2D eigenvalue weighted by molar-refractivity contribution is 9.10. The molecule has 5 nitrogen and oxygen atoms in total. The second-order valence-corrected chi connectivity index (χ2v) is 6.10. The van der Waals surface area contributed by atoms with Gasteiger partial charge in [-0.05, 0) is 28.1 Å². The molecule has 2 rings (SSSR count). The topological polar surface area (TPSA) is 64.0 Å². The van der Waals surface area contributed by atoms with E-state index in [1.54, 1.807) is 7.05 Å². The van der Waals surface area contributed by atoms with Crippen LogP contribution < -0.4 is 4.72 Å². The third-order valence-electron chi connectivity index (χ3n) is 2.24. The Morgan fingerprint density at radius 2 is 2.00 bits per heavy atom. The van der Waals surface area contributed by atoms with Crippen LogP contribution in [-0.2, 0) is 17.1 Å². The molecular weight excluding hydrogens is 344 g/mol. The second kappa shape index (κ2) is 4.89. The fourth-order valence-corrected chi connectivity index (χ4v) is 2.93. The average Bonchev–Trinajstić information content (AvgIpc) is 2.70. The molecule has 0 fully saturated rings. The molecule has 0 atom stereocenters. The molecule has 1 heterocycles. The maximum Gasteiger partial charge on any atom is 0.266 e. The van der Waals surface area contributed by atoms with Crippen LogP contribution in [0.2, 0.25) is 0 Å². The molecule has 2 aromatic rings. The fraction of sp³-hybridized carbons (Fsp3) is 0.100. The minimum Gasteiger partial charge on any atom is -0.274 e. The lowest BCUT2D eigenvalue weighted by Crippen LogP contribution is -2.15. The van der Waals surface area contributed by atoms with Crippen LogP contribution in [0.15, 0.2) is 33.8 Å². The minimum absolute atomic E-state index is 0.0438. The molecule has 0 spiro atoms. The molecule has 0 radical (unpaired) electrons. The summed E-state index contributed by atoms with van der Waals surface area (Å²) in [4.78, 5) is -0.661. The van der Waals surface area contributed by atoms with Crippen molar-refractivity contribution in [2.45, 2.75) is 4.90 Å². The third-order valence-corrected chi connectivity index (χ3v) is 4.34. The largest absolute Gasteiger partial charge is 0.274 e. The Bertz CT molecular complexity index is 730. The molecule has 1 aromatic carbocycles. The van der Waals surface area contributed by atoms with Crippen LogP contribution in [0.5, 0.6) is 0 Å². The van der Waals surface area contributed by atoms with Crippen LogP contribution in [-0.4, -0.2) is 18.2 Å². The highest BCUT2D eigenvalue weighted by Crippen LogP contribution is 2.26. The van der Waals surface area contributed by atoms with Gasteiger partial charge in [-0.2, -0.15) is 5.10 Å². The van der Waals surface area contributed by atoms with Gasteiger partial charge >= 0.3 is 0 Å². The number of halogens is 3. The van der Waals surface area contributed by atoms with Crippen LogP contribution >= 0.6 is 15.9 Å². The van der Waals surface area contributed by atoms with Crippen LogP contribution in [0.25, 0.3) is 0 Å². The Morgan fingerprint density at radius 3 is 2.58 bits per heavy atom. The molecule has 9 heteroatoms. The quantitative estimate of drug-likeness (QED) is 0.862. The molecule has 0 aliphatic heterocycles. The Hall–Kier alpha value is -1.48. The molecule has 1 aromatic heterocycles. The zero-order valence-electron chi connectivity index (χ0n) is 9.56. The first kappa shape index (κ1) is 13.9. The number of hydrogen-bond donors (Lipinski definition) is 1. The van der Waals surface area contributed by atoms with Gasteiger partial charge in [0.15, 0.2) is 11.6 Å². The number of nitrogens with one attached hydrogen (secondary N) is 1. The van der Waals surface area contributed by atoms with Crippen LogP contribution in [0.1, 0.15) is 0 Å². The van der Waals surface area contributed by atoms with E-state index in [9.17, 15) is 17.2 Å². The molecule has 1 N–H and O–H groups in total. The monoisotopic (exact) mass is 351 g/mol. The molecule has 0 bridgehead atoms. The maximum absolute atomic E-state index is 13.7. The number of rotatable bonds is 3. The van der Waals surface area contributed by atoms with E-state index in [-0.39, 0.29) is 5.82 Å². The summed E-state index contributed by atoms with van der Waals surface area (Å²) in [7, 11) is -2.56. The summed E-state index contributed by atoms with van der Waals surface area (Å²) in [6.45, 7) is 0. The fourth-order valence-electron chi connectivity index (χ4n) is 1.38. The van der Waals surface area contributed by atoms with Gasteiger partial charge in [0, 0.05) is 19.3 Å². The number of anilines is 1. The molecule has 0 saturated carbocycles. The maximum atomic E-state index is 13.7. The van der Waals surface area contributed by atoms with Crippen molar-refractivity contribution in [3.05, 3.63) is 40.5 Å². The predicted octanol–water partition coefficient (Wildman–Crippen LogP) is 2.26. The van der Waals surface area contributed by atoms with Crippen molar-refractivity contribution in [2.75, 3.05) is 4.72 Å². The predicted molar refractivity (Wildman–Crippen MR) is 68.1 cm³/mol. The smallest absolute Gasteiger partial charge is 0.266 e. The van der Waals surface area contributed by atoms with Gasteiger partial charge in [-0.15, -0.1) is 0 Å². The molecule has 0 amide bonds. The molecule has 0 aliphatic rings. The first-order valence-corrected chi connectivity index (χ1v) is 7.25. The summed E-state index contributed by atoms with van der Waals surface area (Å²) >= 11 is 2.65. The van der Waals surface area contributed by atoms with Gasteiger partial charge in [0.1, 0.15) is 10.7 Å². The highest BCUT2D eigenvalue weighted by Gasteiger charge is 2.23. The van der Waals surface area contributed by atoms with Crippen molar-refractivity contribution in [2.24, 2.45) is 7.05 Å². The van der Waals surface area contributed by atoms with E-state index in [4.69, 9.17) is 0 Å². The lowest BCUT2D eigenvalue weighted by atomic mass is 10.3. The van der Waals surface area contributed by atoms with Crippen molar-refractivity contribution in [3.8, 4) is 0 Å². The minimum atomic E-state index is -4.17. The van der Waals surface area contributed by atoms with E-state index in [2.05, 4.69) is 25.8 Å². The lowest BCUT2D eigenvalue weighted by Gasteiger charge is -2.07. The standard InChI is InChI=1S/C10H8BrF2N3O2S/c1-16-5-4-8(14-16)15-19(17,18)7-3-2-6(12)9(11)10(7)13/h2-5H,1H3,(H,14,15). The lowest BCUT2D eigenvalue weighted by molar-refractivity contribution is 0.542. The van der Waals surface area contributed by atoms with E-state index in [0.717, 1.165) is 12.1 Å². The SMILES string of the molecule is Cn1ccc(NS(=O)(=O)c2ccc(F)c(Br)c2F)n1. The van der Waals surface area contributed by atoms with Gasteiger partial charge in [0.25, 0.3) is 10.0 Å². The van der Waals surface area contributed by atoms with E-state index < -0.39 is 31.0 Å². The number of aryl methyl sites for hydroxylation is 1. The van der Waals surface area contributed by atoms with Crippen molar-refractivity contribution in [3.63, 3.8) is 0 Å². The molecule has 19 heavy (non-hydrogen) atoms. The van der Waals surface area contributed by atoms with Crippen molar-refractivity contribution < 1.29 is 17.2 Å². The van der Waals surface area contributed by atoms with Crippen molar-refractivity contribution in [1.82, 2.24) is 9.78 Å². The van der Waals surface area contributed by atoms with Crippen LogP contribution in [0.4, 0.5) is 14.6 Å². The van der Waals surface area contributed by atoms with Gasteiger partial charge in [-0.3, -0.25) is 9.40 Å². The van der Waals surface area contributed by atoms with Crippen molar-refractivity contribution in [1.29, 1.82) is 0 Å². The summed E-state index contributed by atoms with van der Waals surface area (Å²) in [6, 6.07) is 3.12. The van der Waals surface area contributed by atoms with Gasteiger partial charge in [-0.25, -0.2) is 17.2 Å². The zero-order chi connectivity index (χ0) is 14.2. The van der Waals surface area contributed by atoms with E-state index in [1.807, 2.05) is 0 Å². The Morgan fingerprint density at radius 1 is 1.32 bits per heavy atom. The summed E-state index contributed by atoms with van der Waals surface area (Å²) in [5.74, 6) is -2.03. The summed E-state index contributed by atoms with van der Waals surface area (Å²) in [6.07, 6.45) is 1.52. The van der Waals surface area contributed by atoms with Gasteiger partial charge < -0.3 is 0 Å². The van der Waals surface area contributed by atoms with E-state index in [0.29, 0.717) is 0 Å². The van der Waals surface area contributed by atoms with Crippen LogP contribution in [0, 0.1) is 11.6 Å². The summed E-state index contributed by atoms with van der Waals surface area (Å²) < 4.78 is 53.7. The summed E-state index contributed by atoms with van der Waals surface area (Å²) in [5.41, 5.74) is 0. The highest BCUT2D eigenvalue weighted by atomic mass is 79.9. The first-order chi connectivity index (χ1) is 8.81. The number of nitrogens with zero attached hydrogens (tertiary/aromatic N) is 2. The summed E-state index contributed by atoms with van der Waals surface area (Å²) in [5, 5.41) is 3.81. The average molecular weight is 352 g/mol. The van der Waals surface area contributed by atoms with E-state index in [1.165, 1.54) is 16.9 Å². The number of hydrogen-bond acceptors (Lipinski definition) is 3. The van der Waals surface area contributed by atoms with Gasteiger partial charge in [0.2, 0.25) is 0 Å². The Kier molecular flexibility index (Phi) is 3.59. The van der Waals surface area contributed by atoms with E-state index >= 15 is 0 Å². The number of aromatic nitrogens is 2. The van der Waals surface area contributed by atoms with Gasteiger partial charge in [0.05, 0.1) is 4.47 Å². The first-order valence-electron chi connectivity index (χ1n) is 4.97. The normalized spacial score (nSPS) is 11.6. The molecule has 0 aliphatic carbocycles. The molecular formula is C10H8BrF2N3O2S. The molecule has 0 saturated heterocycles. The number of sulfonamides is 1.